The maximum Gasteiger partial charge on any atom is 0.303 e. The first-order valence-electron chi connectivity index (χ1n) is 11.1. The number of rotatable bonds is 11. The molecular weight excluding hydrogens is 416 g/mol. The molecular formula is C27H30N2O4. The molecule has 6 nitrogen and oxygen atoms in total. The van der Waals surface area contributed by atoms with Crippen LogP contribution in [0.25, 0.3) is 0 Å². The molecule has 0 fully saturated rings. The monoisotopic (exact) mass is 446 g/mol. The first-order valence-corrected chi connectivity index (χ1v) is 11.1. The maximum atomic E-state index is 13.0. The summed E-state index contributed by atoms with van der Waals surface area (Å²) in [6, 6.07) is 23.0. The van der Waals surface area contributed by atoms with Gasteiger partial charge in [0.2, 0.25) is 5.91 Å². The van der Waals surface area contributed by atoms with Crippen LogP contribution in [0.5, 0.6) is 5.75 Å². The molecule has 0 saturated heterocycles. The highest BCUT2D eigenvalue weighted by atomic mass is 16.5. The van der Waals surface area contributed by atoms with Gasteiger partial charge in [-0.3, -0.25) is 9.59 Å². The number of carboxylic acids is 1. The number of anilines is 1. The van der Waals surface area contributed by atoms with E-state index in [0.29, 0.717) is 31.7 Å². The van der Waals surface area contributed by atoms with E-state index in [1.54, 1.807) is 0 Å². The summed E-state index contributed by atoms with van der Waals surface area (Å²) >= 11 is 0. The van der Waals surface area contributed by atoms with Crippen molar-refractivity contribution < 1.29 is 19.4 Å². The molecule has 0 saturated carbocycles. The van der Waals surface area contributed by atoms with Gasteiger partial charge in [-0.2, -0.15) is 0 Å². The van der Waals surface area contributed by atoms with Crippen LogP contribution < -0.4 is 15.8 Å². The van der Waals surface area contributed by atoms with E-state index < -0.39 is 5.97 Å². The summed E-state index contributed by atoms with van der Waals surface area (Å²) in [5.74, 6) is -0.546. The van der Waals surface area contributed by atoms with Crippen molar-refractivity contribution in [2.45, 2.75) is 45.3 Å². The number of aryl methyl sites for hydroxylation is 1. The molecule has 0 radical (unpaired) electrons. The molecule has 1 unspecified atom stereocenters. The van der Waals surface area contributed by atoms with Crippen molar-refractivity contribution >= 4 is 17.6 Å². The zero-order chi connectivity index (χ0) is 23.6. The molecule has 0 aliphatic carbocycles. The van der Waals surface area contributed by atoms with Gasteiger partial charge in [0, 0.05) is 18.7 Å². The van der Waals surface area contributed by atoms with Gasteiger partial charge < -0.3 is 20.9 Å². The molecule has 0 aromatic heterocycles. The highest BCUT2D eigenvalue weighted by Gasteiger charge is 2.17. The van der Waals surface area contributed by atoms with Crippen molar-refractivity contribution in [1.29, 1.82) is 0 Å². The van der Waals surface area contributed by atoms with Crippen molar-refractivity contribution in [1.82, 2.24) is 0 Å². The molecule has 3 aromatic rings. The highest BCUT2D eigenvalue weighted by molar-refractivity contribution is 5.96. The van der Waals surface area contributed by atoms with Gasteiger partial charge in [0.05, 0.1) is 5.92 Å². The molecule has 0 heterocycles. The van der Waals surface area contributed by atoms with Gasteiger partial charge in [-0.1, -0.05) is 54.6 Å². The first kappa shape index (κ1) is 24.0. The van der Waals surface area contributed by atoms with Gasteiger partial charge in [-0.25, -0.2) is 0 Å². The van der Waals surface area contributed by atoms with Crippen LogP contribution in [0.3, 0.4) is 0 Å². The van der Waals surface area contributed by atoms with E-state index in [1.165, 1.54) is 0 Å². The normalized spacial score (nSPS) is 11.6. The number of nitrogens with one attached hydrogen (secondary N) is 1. The third-order valence-corrected chi connectivity index (χ3v) is 5.53. The van der Waals surface area contributed by atoms with Crippen LogP contribution in [0, 0.1) is 0 Å². The van der Waals surface area contributed by atoms with Crippen LogP contribution in [-0.2, 0) is 29.2 Å². The van der Waals surface area contributed by atoms with E-state index in [1.807, 2.05) is 79.7 Å². The quantitative estimate of drug-likeness (QED) is 0.390. The molecule has 1 atom stereocenters. The lowest BCUT2D eigenvalue weighted by molar-refractivity contribution is -0.137. The number of nitrogens with two attached hydrogens (primary N) is 1. The van der Waals surface area contributed by atoms with E-state index in [9.17, 15) is 9.59 Å². The zero-order valence-corrected chi connectivity index (χ0v) is 18.8. The van der Waals surface area contributed by atoms with Crippen LogP contribution in [0.15, 0.2) is 72.8 Å². The highest BCUT2D eigenvalue weighted by Crippen LogP contribution is 2.24. The number of hydrogen-bond acceptors (Lipinski definition) is 4. The minimum atomic E-state index is -0.831. The molecule has 3 aromatic carbocycles. The Balaban J connectivity index is 1.75. The summed E-state index contributed by atoms with van der Waals surface area (Å²) in [5.41, 5.74) is 10.1. The average molecular weight is 447 g/mol. The Morgan fingerprint density at radius 2 is 1.70 bits per heavy atom. The van der Waals surface area contributed by atoms with E-state index in [-0.39, 0.29) is 18.2 Å². The standard InChI is InChI=1S/C27H30N2O4/c1-19(22-13-10-20(17-28)11-14-22)27(32)29-25-16-21(18-33-24-7-3-2-4-8-24)12-15-23(25)6-5-9-26(30)31/h2-4,7-8,10-16,19H,5-6,9,17-18,28H2,1H3,(H,29,32)(H,30,31). The smallest absolute Gasteiger partial charge is 0.303 e. The topological polar surface area (TPSA) is 102 Å². The van der Waals surface area contributed by atoms with Crippen LogP contribution in [-0.4, -0.2) is 17.0 Å². The summed E-state index contributed by atoms with van der Waals surface area (Å²) in [4.78, 5) is 24.0. The number of carbonyl (C=O) groups excluding carboxylic acids is 1. The lowest BCUT2D eigenvalue weighted by atomic mass is 9.98. The number of para-hydroxylation sites is 1. The number of carboxylic acid groups (broad SMARTS) is 1. The lowest BCUT2D eigenvalue weighted by Gasteiger charge is -2.17. The summed E-state index contributed by atoms with van der Waals surface area (Å²) in [5, 5.41) is 12.0. The first-order chi connectivity index (χ1) is 16.0. The number of amides is 1. The summed E-state index contributed by atoms with van der Waals surface area (Å²) < 4.78 is 5.84. The van der Waals surface area contributed by atoms with Crippen molar-refractivity contribution in [2.75, 3.05) is 5.32 Å². The Hall–Kier alpha value is -3.64. The van der Waals surface area contributed by atoms with Crippen LogP contribution in [0.4, 0.5) is 5.69 Å². The summed E-state index contributed by atoms with van der Waals surface area (Å²) in [6.07, 6.45) is 1.13. The van der Waals surface area contributed by atoms with Gasteiger partial charge in [-0.15, -0.1) is 0 Å². The number of benzene rings is 3. The predicted octanol–water partition coefficient (Wildman–Crippen LogP) is 4.87. The summed E-state index contributed by atoms with van der Waals surface area (Å²) in [6.45, 7) is 2.68. The van der Waals surface area contributed by atoms with Crippen molar-refractivity contribution in [3.05, 3.63) is 95.1 Å². The minimum absolute atomic E-state index is 0.0795. The molecule has 3 rings (SSSR count). The predicted molar refractivity (Wildman–Crippen MR) is 129 cm³/mol. The molecule has 4 N–H and O–H groups in total. The van der Waals surface area contributed by atoms with Crippen LogP contribution >= 0.6 is 0 Å². The molecule has 33 heavy (non-hydrogen) atoms. The third kappa shape index (κ3) is 7.19. The fourth-order valence-electron chi connectivity index (χ4n) is 3.50. The Kier molecular flexibility index (Phi) is 8.61. The van der Waals surface area contributed by atoms with E-state index in [0.717, 1.165) is 28.0 Å². The van der Waals surface area contributed by atoms with E-state index >= 15 is 0 Å². The second kappa shape index (κ2) is 11.8. The molecule has 0 aliphatic rings. The van der Waals surface area contributed by atoms with Crippen molar-refractivity contribution in [3.8, 4) is 5.75 Å². The third-order valence-electron chi connectivity index (χ3n) is 5.53. The molecule has 0 bridgehead atoms. The molecule has 6 heteroatoms. The number of ether oxygens (including phenoxy) is 1. The van der Waals surface area contributed by atoms with E-state index in [2.05, 4.69) is 5.32 Å². The second-order valence-corrected chi connectivity index (χ2v) is 8.00. The average Bonchev–Trinajstić information content (AvgIpc) is 2.84. The van der Waals surface area contributed by atoms with Gasteiger partial charge in [0.1, 0.15) is 12.4 Å². The molecule has 0 spiro atoms. The zero-order valence-electron chi connectivity index (χ0n) is 18.8. The number of aliphatic carboxylic acids is 1. The Labute approximate surface area is 194 Å². The van der Waals surface area contributed by atoms with Crippen LogP contribution in [0.1, 0.15) is 47.9 Å². The van der Waals surface area contributed by atoms with E-state index in [4.69, 9.17) is 15.6 Å². The lowest BCUT2D eigenvalue weighted by Crippen LogP contribution is -2.20. The number of carbonyl (C=O) groups is 2. The summed E-state index contributed by atoms with van der Waals surface area (Å²) in [7, 11) is 0. The maximum absolute atomic E-state index is 13.0. The minimum Gasteiger partial charge on any atom is -0.489 e. The molecule has 1 amide bonds. The Morgan fingerprint density at radius 3 is 2.36 bits per heavy atom. The fraction of sp³-hybridized carbons (Fsp3) is 0.259. The molecule has 0 aliphatic heterocycles. The van der Waals surface area contributed by atoms with Crippen molar-refractivity contribution in [2.24, 2.45) is 5.73 Å². The SMILES string of the molecule is CC(C(=O)Nc1cc(COc2ccccc2)ccc1CCCC(=O)O)c1ccc(CN)cc1. The van der Waals surface area contributed by atoms with Gasteiger partial charge in [0.15, 0.2) is 0 Å². The van der Waals surface area contributed by atoms with Crippen LogP contribution in [0.2, 0.25) is 0 Å². The van der Waals surface area contributed by atoms with Gasteiger partial charge in [0.25, 0.3) is 0 Å². The fourth-order valence-corrected chi connectivity index (χ4v) is 3.50. The Bertz CT molecular complexity index is 1070. The van der Waals surface area contributed by atoms with Gasteiger partial charge in [-0.05, 0) is 60.2 Å². The Morgan fingerprint density at radius 1 is 1.00 bits per heavy atom. The van der Waals surface area contributed by atoms with Gasteiger partial charge >= 0.3 is 5.97 Å². The van der Waals surface area contributed by atoms with Crippen molar-refractivity contribution in [3.63, 3.8) is 0 Å². The largest absolute Gasteiger partial charge is 0.489 e. The second-order valence-electron chi connectivity index (χ2n) is 8.00. The number of hydrogen-bond donors (Lipinski definition) is 3. The molecule has 172 valence electrons.